The molecular formula is C14H22N2O. The second kappa shape index (κ2) is 5.53. The van der Waals surface area contributed by atoms with Gasteiger partial charge in [-0.05, 0) is 38.0 Å². The molecule has 2 unspecified atom stereocenters. The molecule has 94 valence electrons. The number of amides is 1. The fourth-order valence-corrected chi connectivity index (χ4v) is 3.42. The summed E-state index contributed by atoms with van der Waals surface area (Å²) < 4.78 is 0. The highest BCUT2D eigenvalue weighted by molar-refractivity contribution is 5.81. The zero-order valence-corrected chi connectivity index (χ0v) is 10.7. The van der Waals surface area contributed by atoms with Gasteiger partial charge in [-0.2, -0.15) is 5.26 Å². The summed E-state index contributed by atoms with van der Waals surface area (Å²) in [5.41, 5.74) is 0. The summed E-state index contributed by atoms with van der Waals surface area (Å²) in [6, 6.07) is 2.59. The van der Waals surface area contributed by atoms with Crippen molar-refractivity contribution in [2.45, 2.75) is 57.9 Å². The van der Waals surface area contributed by atoms with Crippen molar-refractivity contribution in [3.05, 3.63) is 0 Å². The van der Waals surface area contributed by atoms with Gasteiger partial charge in [-0.1, -0.05) is 19.8 Å². The molecule has 0 N–H and O–H groups in total. The number of hydrogen-bond acceptors (Lipinski definition) is 2. The van der Waals surface area contributed by atoms with E-state index >= 15 is 0 Å². The fraction of sp³-hybridized carbons (Fsp3) is 0.857. The lowest BCUT2D eigenvalue weighted by Gasteiger charge is -2.30. The lowest BCUT2D eigenvalue weighted by Crippen LogP contribution is -2.42. The van der Waals surface area contributed by atoms with Crippen LogP contribution < -0.4 is 0 Å². The lowest BCUT2D eigenvalue weighted by molar-refractivity contribution is -0.135. The molecule has 1 amide bonds. The largest absolute Gasteiger partial charge is 0.338 e. The van der Waals surface area contributed by atoms with Crippen molar-refractivity contribution in [1.82, 2.24) is 4.90 Å². The van der Waals surface area contributed by atoms with Crippen molar-refractivity contribution in [2.24, 2.45) is 11.8 Å². The van der Waals surface area contributed by atoms with Crippen molar-refractivity contribution in [3.8, 4) is 6.07 Å². The van der Waals surface area contributed by atoms with Crippen molar-refractivity contribution in [1.29, 1.82) is 5.26 Å². The van der Waals surface area contributed by atoms with Gasteiger partial charge in [0.2, 0.25) is 5.91 Å². The van der Waals surface area contributed by atoms with Gasteiger partial charge >= 0.3 is 0 Å². The summed E-state index contributed by atoms with van der Waals surface area (Å²) in [4.78, 5) is 14.3. The van der Waals surface area contributed by atoms with E-state index in [1.165, 1.54) is 25.7 Å². The molecule has 0 aromatic heterocycles. The predicted octanol–water partition coefficient (Wildman–Crippen LogP) is 2.72. The monoisotopic (exact) mass is 234 g/mol. The van der Waals surface area contributed by atoms with E-state index in [1.54, 1.807) is 0 Å². The second-order valence-corrected chi connectivity index (χ2v) is 5.38. The van der Waals surface area contributed by atoms with E-state index in [1.807, 2.05) is 11.8 Å². The van der Waals surface area contributed by atoms with Crippen LogP contribution in [0.5, 0.6) is 0 Å². The van der Waals surface area contributed by atoms with Crippen LogP contribution in [-0.4, -0.2) is 23.4 Å². The third-order valence-corrected chi connectivity index (χ3v) is 4.39. The standard InChI is InChI=1S/C14H22N2O/c1-2-11(10-15)14(17)16-9-5-8-13(16)12-6-3-4-7-12/h11-13H,2-9H2,1H3. The third-order valence-electron chi connectivity index (χ3n) is 4.39. The Morgan fingerprint density at radius 2 is 2.06 bits per heavy atom. The fourth-order valence-electron chi connectivity index (χ4n) is 3.42. The van der Waals surface area contributed by atoms with Crippen LogP contribution in [0.4, 0.5) is 0 Å². The predicted molar refractivity (Wildman–Crippen MR) is 66.1 cm³/mol. The molecule has 1 heterocycles. The first-order chi connectivity index (χ1) is 8.27. The zero-order chi connectivity index (χ0) is 12.3. The van der Waals surface area contributed by atoms with Gasteiger partial charge in [0, 0.05) is 12.6 Å². The third kappa shape index (κ3) is 2.46. The van der Waals surface area contributed by atoms with Crippen molar-refractivity contribution in [2.75, 3.05) is 6.54 Å². The van der Waals surface area contributed by atoms with E-state index in [4.69, 9.17) is 5.26 Å². The van der Waals surface area contributed by atoms with Crippen LogP contribution in [0.3, 0.4) is 0 Å². The van der Waals surface area contributed by atoms with Crippen LogP contribution in [0.1, 0.15) is 51.9 Å². The highest BCUT2D eigenvalue weighted by Gasteiger charge is 2.37. The van der Waals surface area contributed by atoms with E-state index in [2.05, 4.69) is 6.07 Å². The van der Waals surface area contributed by atoms with Crippen LogP contribution in [0.25, 0.3) is 0 Å². The molecule has 0 radical (unpaired) electrons. The molecule has 2 atom stereocenters. The number of likely N-dealkylation sites (tertiary alicyclic amines) is 1. The Kier molecular flexibility index (Phi) is 4.04. The molecule has 0 spiro atoms. The Hall–Kier alpha value is -1.04. The average molecular weight is 234 g/mol. The Morgan fingerprint density at radius 3 is 2.65 bits per heavy atom. The summed E-state index contributed by atoms with van der Waals surface area (Å²) in [5.74, 6) is 0.374. The SMILES string of the molecule is CCC(C#N)C(=O)N1CCCC1C1CCCC1. The van der Waals surface area contributed by atoms with Gasteiger partial charge in [0.25, 0.3) is 0 Å². The summed E-state index contributed by atoms with van der Waals surface area (Å²) in [7, 11) is 0. The molecule has 2 rings (SSSR count). The Labute approximate surface area is 104 Å². The van der Waals surface area contributed by atoms with Crippen LogP contribution in [0.2, 0.25) is 0 Å². The minimum atomic E-state index is -0.419. The van der Waals surface area contributed by atoms with Crippen molar-refractivity contribution < 1.29 is 4.79 Å². The summed E-state index contributed by atoms with van der Waals surface area (Å²) >= 11 is 0. The Balaban J connectivity index is 2.03. The van der Waals surface area contributed by atoms with Gasteiger partial charge in [0.05, 0.1) is 6.07 Å². The number of carbonyl (C=O) groups is 1. The van der Waals surface area contributed by atoms with Crippen LogP contribution in [0, 0.1) is 23.2 Å². The number of rotatable bonds is 3. The number of nitriles is 1. The minimum absolute atomic E-state index is 0.0874. The van der Waals surface area contributed by atoms with Crippen molar-refractivity contribution >= 4 is 5.91 Å². The maximum absolute atomic E-state index is 12.3. The summed E-state index contributed by atoms with van der Waals surface area (Å²) in [6.07, 6.45) is 8.10. The van der Waals surface area contributed by atoms with Gasteiger partial charge in [-0.25, -0.2) is 0 Å². The molecule has 2 fully saturated rings. The highest BCUT2D eigenvalue weighted by Crippen LogP contribution is 2.36. The first-order valence-corrected chi connectivity index (χ1v) is 6.98. The minimum Gasteiger partial charge on any atom is -0.338 e. The maximum atomic E-state index is 12.3. The molecule has 3 heteroatoms. The summed E-state index contributed by atoms with van der Waals surface area (Å²) in [6.45, 7) is 2.80. The lowest BCUT2D eigenvalue weighted by atomic mass is 9.95. The van der Waals surface area contributed by atoms with Gasteiger partial charge < -0.3 is 4.90 Å². The molecule has 17 heavy (non-hydrogen) atoms. The van der Waals surface area contributed by atoms with Crippen LogP contribution in [-0.2, 0) is 4.79 Å². The van der Waals surface area contributed by atoms with Crippen LogP contribution in [0.15, 0.2) is 0 Å². The molecule has 1 aliphatic carbocycles. The molecule has 3 nitrogen and oxygen atoms in total. The Morgan fingerprint density at radius 1 is 1.35 bits per heavy atom. The molecule has 1 saturated heterocycles. The molecule has 1 saturated carbocycles. The summed E-state index contributed by atoms with van der Waals surface area (Å²) in [5, 5.41) is 9.01. The number of hydrogen-bond donors (Lipinski definition) is 0. The van der Waals surface area contributed by atoms with Crippen molar-refractivity contribution in [3.63, 3.8) is 0 Å². The van der Waals surface area contributed by atoms with Gasteiger partial charge in [0.15, 0.2) is 0 Å². The molecule has 2 aliphatic rings. The maximum Gasteiger partial charge on any atom is 0.240 e. The van der Waals surface area contributed by atoms with E-state index in [0.717, 1.165) is 19.4 Å². The number of carbonyl (C=O) groups excluding carboxylic acids is 1. The molecular weight excluding hydrogens is 212 g/mol. The molecule has 0 bridgehead atoms. The topological polar surface area (TPSA) is 44.1 Å². The van der Waals surface area contributed by atoms with E-state index in [0.29, 0.717) is 18.4 Å². The molecule has 0 aromatic rings. The van der Waals surface area contributed by atoms with Gasteiger partial charge in [-0.3, -0.25) is 4.79 Å². The van der Waals surface area contributed by atoms with Crippen LogP contribution >= 0.6 is 0 Å². The van der Waals surface area contributed by atoms with Gasteiger partial charge in [0.1, 0.15) is 5.92 Å². The van der Waals surface area contributed by atoms with Gasteiger partial charge in [-0.15, -0.1) is 0 Å². The first-order valence-electron chi connectivity index (χ1n) is 6.98. The molecule has 1 aliphatic heterocycles. The second-order valence-electron chi connectivity index (χ2n) is 5.38. The molecule has 0 aromatic carbocycles. The van der Waals surface area contributed by atoms with E-state index in [9.17, 15) is 4.79 Å². The highest BCUT2D eigenvalue weighted by atomic mass is 16.2. The van der Waals surface area contributed by atoms with E-state index in [-0.39, 0.29) is 5.91 Å². The normalized spacial score (nSPS) is 27.1. The first kappa shape index (κ1) is 12.4. The zero-order valence-electron chi connectivity index (χ0n) is 10.7. The Bertz CT molecular complexity index is 315. The smallest absolute Gasteiger partial charge is 0.240 e. The number of nitrogens with zero attached hydrogens (tertiary/aromatic N) is 2. The average Bonchev–Trinajstić information content (AvgIpc) is 3.01. The van der Waals surface area contributed by atoms with E-state index < -0.39 is 5.92 Å². The quantitative estimate of drug-likeness (QED) is 0.753.